The molecule has 0 saturated heterocycles. The van der Waals surface area contributed by atoms with Crippen LogP contribution in [0, 0.1) is 18.3 Å². The summed E-state index contributed by atoms with van der Waals surface area (Å²) >= 11 is 1.36. The first kappa shape index (κ1) is 27.0. The highest BCUT2D eigenvalue weighted by molar-refractivity contribution is 7.15. The van der Waals surface area contributed by atoms with E-state index in [1.54, 1.807) is 25.3 Å². The number of benzene rings is 1. The number of alkyl halides is 3. The van der Waals surface area contributed by atoms with E-state index in [1.807, 2.05) is 26.8 Å². The molecular formula is C26H29F3N4O3S. The minimum absolute atomic E-state index is 0.161. The van der Waals surface area contributed by atoms with Gasteiger partial charge in [-0.05, 0) is 67.9 Å². The molecule has 1 fully saturated rings. The van der Waals surface area contributed by atoms with Gasteiger partial charge in [0.2, 0.25) is 5.95 Å². The topological polar surface area (TPSA) is 97.2 Å². The van der Waals surface area contributed by atoms with Crippen molar-refractivity contribution in [2.75, 3.05) is 11.9 Å². The molecule has 0 radical (unpaired) electrons. The smallest absolute Gasteiger partial charge is 0.433 e. The molecule has 1 saturated carbocycles. The number of ether oxygens (including phenoxy) is 1. The minimum atomic E-state index is -4.57. The van der Waals surface area contributed by atoms with Gasteiger partial charge in [0.25, 0.3) is 0 Å². The van der Waals surface area contributed by atoms with Gasteiger partial charge in [0.15, 0.2) is 0 Å². The van der Waals surface area contributed by atoms with Gasteiger partial charge in [-0.2, -0.15) is 13.2 Å². The number of aliphatic hydroxyl groups is 1. The second-order valence-corrected chi connectivity index (χ2v) is 11.1. The number of aromatic nitrogens is 3. The maximum absolute atomic E-state index is 13.0. The van der Waals surface area contributed by atoms with Crippen LogP contribution in [0.25, 0.3) is 10.4 Å². The number of rotatable bonds is 6. The van der Waals surface area contributed by atoms with Crippen LogP contribution in [0.5, 0.6) is 0 Å². The van der Waals surface area contributed by atoms with E-state index in [-0.39, 0.29) is 17.8 Å². The zero-order chi connectivity index (χ0) is 27.0. The molecule has 1 aromatic carbocycles. The van der Waals surface area contributed by atoms with Gasteiger partial charge in [0.1, 0.15) is 16.3 Å². The maximum atomic E-state index is 13.0. The third-order valence-corrected chi connectivity index (χ3v) is 7.82. The molecule has 0 amide bonds. The fourth-order valence-corrected chi connectivity index (χ4v) is 5.95. The van der Waals surface area contributed by atoms with E-state index in [4.69, 9.17) is 4.74 Å². The molecule has 1 aliphatic carbocycles. The van der Waals surface area contributed by atoms with Gasteiger partial charge in [0.05, 0.1) is 17.4 Å². The highest BCUT2D eigenvalue weighted by Gasteiger charge is 2.49. The molecule has 37 heavy (non-hydrogen) atoms. The lowest BCUT2D eigenvalue weighted by atomic mass is 9.63. The maximum Gasteiger partial charge on any atom is 0.433 e. The van der Waals surface area contributed by atoms with Crippen LogP contribution in [0.2, 0.25) is 0 Å². The Morgan fingerprint density at radius 2 is 2.03 bits per heavy atom. The SMILES string of the molecule is CCOC(=O)[C@@H]1CC[C@@](O)(c2ncc(-c3cc(C)cc(Nc4nccc(C(F)(F)F)n4)c3)s2)CC1(C)C. The zero-order valence-corrected chi connectivity index (χ0v) is 21.8. The monoisotopic (exact) mass is 534 g/mol. The summed E-state index contributed by atoms with van der Waals surface area (Å²) in [4.78, 5) is 25.2. The van der Waals surface area contributed by atoms with Crippen molar-refractivity contribution in [3.8, 4) is 10.4 Å². The largest absolute Gasteiger partial charge is 0.466 e. The molecule has 2 heterocycles. The molecule has 2 aromatic heterocycles. The standard InChI is InChI=1S/C26H29F3N4O3S/c1-5-36-21(34)18-6-8-25(35,14-24(18,3)4)22-31-13-19(37-22)16-10-15(2)11-17(12-16)32-23-30-9-7-20(33-23)26(27,28)29/h7,9-13,18,35H,5-6,8,14H2,1-4H3,(H,30,32,33)/t18-,25-/m0/s1. The Bertz CT molecular complexity index is 1290. The average molecular weight is 535 g/mol. The van der Waals surface area contributed by atoms with Crippen molar-refractivity contribution in [1.82, 2.24) is 15.0 Å². The minimum Gasteiger partial charge on any atom is -0.466 e. The van der Waals surface area contributed by atoms with E-state index in [9.17, 15) is 23.1 Å². The number of halogens is 3. The highest BCUT2D eigenvalue weighted by atomic mass is 32.1. The van der Waals surface area contributed by atoms with E-state index >= 15 is 0 Å². The van der Waals surface area contributed by atoms with Crippen LogP contribution in [0.1, 0.15) is 56.3 Å². The normalized spacial score (nSPS) is 21.5. The van der Waals surface area contributed by atoms with Crippen molar-refractivity contribution >= 4 is 28.9 Å². The van der Waals surface area contributed by atoms with Gasteiger partial charge >= 0.3 is 12.1 Å². The van der Waals surface area contributed by atoms with Crippen molar-refractivity contribution in [2.45, 2.75) is 58.7 Å². The summed E-state index contributed by atoms with van der Waals surface area (Å²) in [7, 11) is 0. The van der Waals surface area contributed by atoms with Gasteiger partial charge in [-0.3, -0.25) is 4.79 Å². The molecule has 1 aliphatic rings. The number of carbonyl (C=O) groups is 1. The average Bonchev–Trinajstić information content (AvgIpc) is 3.29. The van der Waals surface area contributed by atoms with Crippen LogP contribution in [0.4, 0.5) is 24.8 Å². The Morgan fingerprint density at radius 1 is 1.27 bits per heavy atom. The van der Waals surface area contributed by atoms with Crippen LogP contribution in [-0.2, 0) is 21.3 Å². The van der Waals surface area contributed by atoms with Gasteiger partial charge in [-0.15, -0.1) is 11.3 Å². The Kier molecular flexibility index (Phi) is 7.31. The van der Waals surface area contributed by atoms with Crippen molar-refractivity contribution in [3.63, 3.8) is 0 Å². The third-order valence-electron chi connectivity index (χ3n) is 6.58. The number of aryl methyl sites for hydroxylation is 1. The summed E-state index contributed by atoms with van der Waals surface area (Å²) in [5, 5.41) is 15.0. The Morgan fingerprint density at radius 3 is 2.70 bits per heavy atom. The van der Waals surface area contributed by atoms with Crippen LogP contribution < -0.4 is 5.32 Å². The van der Waals surface area contributed by atoms with E-state index < -0.39 is 22.9 Å². The van der Waals surface area contributed by atoms with Crippen LogP contribution in [-0.4, -0.2) is 32.6 Å². The quantitative estimate of drug-likeness (QED) is 0.361. The molecule has 0 spiro atoms. The molecule has 11 heteroatoms. The van der Waals surface area contributed by atoms with Crippen molar-refractivity contribution in [3.05, 3.63) is 52.9 Å². The molecule has 2 N–H and O–H groups in total. The van der Waals surface area contributed by atoms with E-state index in [0.717, 1.165) is 28.3 Å². The second-order valence-electron chi connectivity index (χ2n) is 10.0. The first-order chi connectivity index (χ1) is 17.3. The molecule has 2 atom stereocenters. The third kappa shape index (κ3) is 5.93. The number of nitrogens with zero attached hydrogens (tertiary/aromatic N) is 3. The van der Waals surface area contributed by atoms with Gasteiger partial charge in [0, 0.05) is 18.1 Å². The number of nitrogens with one attached hydrogen (secondary N) is 1. The molecular weight excluding hydrogens is 505 g/mol. The Balaban J connectivity index is 1.56. The van der Waals surface area contributed by atoms with Crippen molar-refractivity contribution in [1.29, 1.82) is 0 Å². The van der Waals surface area contributed by atoms with Crippen LogP contribution >= 0.6 is 11.3 Å². The summed E-state index contributed by atoms with van der Waals surface area (Å²) in [6, 6.07) is 6.31. The number of hydrogen-bond acceptors (Lipinski definition) is 8. The summed E-state index contributed by atoms with van der Waals surface area (Å²) < 4.78 is 44.3. The lowest BCUT2D eigenvalue weighted by Crippen LogP contribution is -2.45. The van der Waals surface area contributed by atoms with Gasteiger partial charge in [-0.1, -0.05) is 19.9 Å². The molecule has 0 bridgehead atoms. The van der Waals surface area contributed by atoms with Crippen LogP contribution in [0.3, 0.4) is 0 Å². The number of hydrogen-bond donors (Lipinski definition) is 2. The number of carbonyl (C=O) groups excluding carboxylic acids is 1. The molecule has 7 nitrogen and oxygen atoms in total. The van der Waals surface area contributed by atoms with Crippen LogP contribution in [0.15, 0.2) is 36.7 Å². The Hall–Kier alpha value is -3.05. The second kappa shape index (κ2) is 10.0. The summed E-state index contributed by atoms with van der Waals surface area (Å²) in [5.41, 5.74) is -0.487. The highest BCUT2D eigenvalue weighted by Crippen LogP contribution is 2.51. The first-order valence-corrected chi connectivity index (χ1v) is 12.8. The van der Waals surface area contributed by atoms with Crippen molar-refractivity contribution in [2.24, 2.45) is 11.3 Å². The lowest BCUT2D eigenvalue weighted by Gasteiger charge is -2.44. The van der Waals surface area contributed by atoms with Gasteiger partial charge in [-0.25, -0.2) is 15.0 Å². The predicted octanol–water partition coefficient (Wildman–Crippen LogP) is 6.25. The molecule has 0 aliphatic heterocycles. The predicted molar refractivity (Wildman–Crippen MR) is 134 cm³/mol. The summed E-state index contributed by atoms with van der Waals surface area (Å²) in [6.45, 7) is 7.89. The summed E-state index contributed by atoms with van der Waals surface area (Å²) in [5.74, 6) is -0.694. The fourth-order valence-electron chi connectivity index (χ4n) is 4.93. The summed E-state index contributed by atoms with van der Waals surface area (Å²) in [6.07, 6.45) is -0.581. The number of esters is 1. The number of thiazole rings is 1. The van der Waals surface area contributed by atoms with Gasteiger partial charge < -0.3 is 15.2 Å². The molecule has 4 rings (SSSR count). The van der Waals surface area contributed by atoms with E-state index in [2.05, 4.69) is 20.3 Å². The molecule has 3 aromatic rings. The molecule has 198 valence electrons. The molecule has 0 unspecified atom stereocenters. The first-order valence-electron chi connectivity index (χ1n) is 12.0. The Labute approximate surface area is 217 Å². The number of anilines is 2. The van der Waals surface area contributed by atoms with Crippen molar-refractivity contribution < 1.29 is 27.8 Å². The van der Waals surface area contributed by atoms with E-state index in [1.165, 1.54) is 11.3 Å². The zero-order valence-electron chi connectivity index (χ0n) is 21.0. The van der Waals surface area contributed by atoms with E-state index in [0.29, 0.717) is 36.6 Å². The fraction of sp³-hybridized carbons (Fsp3) is 0.462. The lowest BCUT2D eigenvalue weighted by molar-refractivity contribution is -0.160.